The number of nitrogens with one attached hydrogen (secondary N) is 2. The molecule has 148 valence electrons. The van der Waals surface area contributed by atoms with Crippen molar-refractivity contribution in [2.45, 2.75) is 12.8 Å². The zero-order valence-corrected chi connectivity index (χ0v) is 15.1. The number of fused-ring (bicyclic) bond motifs is 1. The highest BCUT2D eigenvalue weighted by molar-refractivity contribution is 5.93. The third kappa shape index (κ3) is 5.22. The Bertz CT molecular complexity index is 1140. The Morgan fingerprint density at radius 2 is 1.97 bits per heavy atom. The first-order chi connectivity index (χ1) is 13.9. The first kappa shape index (κ1) is 19.7. The summed E-state index contributed by atoms with van der Waals surface area (Å²) in [5, 5.41) is 13.6. The van der Waals surface area contributed by atoms with Gasteiger partial charge in [-0.3, -0.25) is 24.5 Å². The molecule has 0 saturated carbocycles. The summed E-state index contributed by atoms with van der Waals surface area (Å²) in [5.74, 6) is -0.933. The summed E-state index contributed by atoms with van der Waals surface area (Å²) < 4.78 is 4.89. The van der Waals surface area contributed by atoms with Crippen LogP contribution >= 0.6 is 0 Å². The number of non-ortho nitro benzene ring substituents is 1. The summed E-state index contributed by atoms with van der Waals surface area (Å²) in [7, 11) is 0. The second-order valence-corrected chi connectivity index (χ2v) is 6.05. The molecule has 0 saturated heterocycles. The predicted octanol–water partition coefficient (Wildman–Crippen LogP) is 1.95. The van der Waals surface area contributed by atoms with Crippen molar-refractivity contribution in [2.24, 2.45) is 0 Å². The van der Waals surface area contributed by atoms with Crippen LogP contribution in [0.4, 0.5) is 11.4 Å². The number of H-pyrrole nitrogens is 1. The van der Waals surface area contributed by atoms with Crippen LogP contribution in [0.15, 0.2) is 53.3 Å². The van der Waals surface area contributed by atoms with Crippen molar-refractivity contribution in [2.75, 3.05) is 11.9 Å². The van der Waals surface area contributed by atoms with Gasteiger partial charge in [-0.2, -0.15) is 0 Å². The maximum absolute atomic E-state index is 12.0. The average Bonchev–Trinajstić information content (AvgIpc) is 2.71. The standard InChI is InChI=1S/C19H16N4O6/c24-17(20-12-4-3-5-13(10-12)23(27)28)11-29-18(25)9-8-16-21-15-7-2-1-6-14(15)19(26)22-16/h1-7,10H,8-9,11H2,(H,20,24)(H,21,22,26). The Balaban J connectivity index is 1.50. The van der Waals surface area contributed by atoms with E-state index in [2.05, 4.69) is 15.3 Å². The highest BCUT2D eigenvalue weighted by atomic mass is 16.6. The lowest BCUT2D eigenvalue weighted by atomic mass is 10.2. The number of aromatic amines is 1. The van der Waals surface area contributed by atoms with Crippen molar-refractivity contribution in [1.82, 2.24) is 9.97 Å². The molecular weight excluding hydrogens is 380 g/mol. The van der Waals surface area contributed by atoms with Crippen molar-refractivity contribution in [3.63, 3.8) is 0 Å². The second-order valence-electron chi connectivity index (χ2n) is 6.05. The van der Waals surface area contributed by atoms with E-state index < -0.39 is 23.4 Å². The number of rotatable bonds is 7. The minimum atomic E-state index is -0.644. The van der Waals surface area contributed by atoms with Crippen LogP contribution in [0, 0.1) is 10.1 Å². The van der Waals surface area contributed by atoms with E-state index in [1.807, 2.05) is 0 Å². The molecule has 3 aromatic rings. The number of hydrogen-bond acceptors (Lipinski definition) is 7. The van der Waals surface area contributed by atoms with E-state index in [1.165, 1.54) is 24.3 Å². The zero-order chi connectivity index (χ0) is 20.8. The number of esters is 1. The fourth-order valence-electron chi connectivity index (χ4n) is 2.59. The predicted molar refractivity (Wildman–Crippen MR) is 103 cm³/mol. The van der Waals surface area contributed by atoms with E-state index in [0.717, 1.165) is 0 Å². The normalized spacial score (nSPS) is 10.5. The first-order valence-electron chi connectivity index (χ1n) is 8.60. The van der Waals surface area contributed by atoms with Crippen LogP contribution in [0.5, 0.6) is 0 Å². The van der Waals surface area contributed by atoms with Gasteiger partial charge in [0, 0.05) is 24.2 Å². The van der Waals surface area contributed by atoms with Gasteiger partial charge in [0.05, 0.1) is 22.2 Å². The molecule has 0 spiro atoms. The summed E-state index contributed by atoms with van der Waals surface area (Å²) in [6, 6.07) is 12.2. The van der Waals surface area contributed by atoms with Gasteiger partial charge in [0.1, 0.15) is 5.82 Å². The molecule has 0 aliphatic rings. The Hall–Kier alpha value is -4.08. The highest BCUT2D eigenvalue weighted by Gasteiger charge is 2.12. The molecule has 0 fully saturated rings. The van der Waals surface area contributed by atoms with Gasteiger partial charge in [0.2, 0.25) is 0 Å². The zero-order valence-electron chi connectivity index (χ0n) is 15.1. The molecule has 0 aliphatic heterocycles. The molecule has 0 unspecified atom stereocenters. The van der Waals surface area contributed by atoms with Crippen LogP contribution in [0.2, 0.25) is 0 Å². The van der Waals surface area contributed by atoms with E-state index in [4.69, 9.17) is 4.74 Å². The number of amides is 1. The molecule has 1 amide bonds. The van der Waals surface area contributed by atoms with E-state index in [0.29, 0.717) is 16.7 Å². The van der Waals surface area contributed by atoms with Gasteiger partial charge in [0.25, 0.3) is 17.2 Å². The van der Waals surface area contributed by atoms with Crippen molar-refractivity contribution < 1.29 is 19.2 Å². The van der Waals surface area contributed by atoms with Gasteiger partial charge in [-0.05, 0) is 18.2 Å². The van der Waals surface area contributed by atoms with Crippen molar-refractivity contribution in [1.29, 1.82) is 0 Å². The molecule has 10 nitrogen and oxygen atoms in total. The lowest BCUT2D eigenvalue weighted by Gasteiger charge is -2.07. The number of hydrogen-bond donors (Lipinski definition) is 2. The van der Waals surface area contributed by atoms with E-state index in [9.17, 15) is 24.5 Å². The number of aryl methyl sites for hydroxylation is 1. The summed E-state index contributed by atoms with van der Waals surface area (Å²) in [6.07, 6.45) is 0.0662. The Kier molecular flexibility index (Phi) is 5.93. The van der Waals surface area contributed by atoms with Crippen LogP contribution < -0.4 is 10.9 Å². The van der Waals surface area contributed by atoms with E-state index in [1.54, 1.807) is 24.3 Å². The van der Waals surface area contributed by atoms with Crippen LogP contribution in [-0.2, 0) is 20.7 Å². The first-order valence-corrected chi connectivity index (χ1v) is 8.60. The van der Waals surface area contributed by atoms with Crippen LogP contribution in [0.3, 0.4) is 0 Å². The molecule has 1 aromatic heterocycles. The highest BCUT2D eigenvalue weighted by Crippen LogP contribution is 2.16. The third-order valence-corrected chi connectivity index (χ3v) is 3.93. The van der Waals surface area contributed by atoms with Gasteiger partial charge in [-0.15, -0.1) is 0 Å². The number of ether oxygens (including phenoxy) is 1. The molecule has 2 aromatic carbocycles. The molecular formula is C19H16N4O6. The van der Waals surface area contributed by atoms with E-state index >= 15 is 0 Å². The molecule has 2 N–H and O–H groups in total. The Labute approximate surface area is 163 Å². The number of carbonyl (C=O) groups excluding carboxylic acids is 2. The summed E-state index contributed by atoms with van der Waals surface area (Å²) in [6.45, 7) is -0.538. The fraction of sp³-hybridized carbons (Fsp3) is 0.158. The van der Waals surface area contributed by atoms with Crippen LogP contribution in [-0.4, -0.2) is 33.4 Å². The molecule has 10 heteroatoms. The van der Waals surface area contributed by atoms with Crippen molar-refractivity contribution >= 4 is 34.2 Å². The fourth-order valence-corrected chi connectivity index (χ4v) is 2.59. The number of benzene rings is 2. The van der Waals surface area contributed by atoms with Crippen molar-refractivity contribution in [3.05, 3.63) is 74.8 Å². The summed E-state index contributed by atoms with van der Waals surface area (Å²) in [4.78, 5) is 52.7. The molecule has 0 aliphatic carbocycles. The smallest absolute Gasteiger partial charge is 0.306 e. The van der Waals surface area contributed by atoms with Crippen LogP contribution in [0.25, 0.3) is 10.9 Å². The number of para-hydroxylation sites is 1. The summed E-state index contributed by atoms with van der Waals surface area (Å²) in [5.41, 5.74) is 0.279. The Morgan fingerprint density at radius 3 is 2.76 bits per heavy atom. The Morgan fingerprint density at radius 1 is 1.17 bits per heavy atom. The molecule has 3 rings (SSSR count). The third-order valence-electron chi connectivity index (χ3n) is 3.93. The van der Waals surface area contributed by atoms with Gasteiger partial charge >= 0.3 is 5.97 Å². The number of nitro benzene ring substituents is 1. The number of aromatic nitrogens is 2. The maximum atomic E-state index is 12.0. The minimum absolute atomic E-state index is 0.0780. The largest absolute Gasteiger partial charge is 0.456 e. The number of nitro groups is 1. The number of carbonyl (C=O) groups is 2. The van der Waals surface area contributed by atoms with Gasteiger partial charge < -0.3 is 15.0 Å². The molecule has 0 radical (unpaired) electrons. The number of nitrogens with zero attached hydrogens (tertiary/aromatic N) is 2. The quantitative estimate of drug-likeness (QED) is 0.353. The molecule has 29 heavy (non-hydrogen) atoms. The average molecular weight is 396 g/mol. The molecule has 0 bridgehead atoms. The maximum Gasteiger partial charge on any atom is 0.306 e. The number of anilines is 1. The lowest BCUT2D eigenvalue weighted by Crippen LogP contribution is -2.21. The molecule has 0 atom stereocenters. The molecule has 1 heterocycles. The minimum Gasteiger partial charge on any atom is -0.456 e. The summed E-state index contributed by atoms with van der Waals surface area (Å²) >= 11 is 0. The topological polar surface area (TPSA) is 144 Å². The van der Waals surface area contributed by atoms with Gasteiger partial charge in [0.15, 0.2) is 6.61 Å². The van der Waals surface area contributed by atoms with Gasteiger partial charge in [-0.1, -0.05) is 18.2 Å². The van der Waals surface area contributed by atoms with E-state index in [-0.39, 0.29) is 29.8 Å². The van der Waals surface area contributed by atoms with Gasteiger partial charge in [-0.25, -0.2) is 4.98 Å². The van der Waals surface area contributed by atoms with Crippen molar-refractivity contribution in [3.8, 4) is 0 Å². The van der Waals surface area contributed by atoms with Crippen LogP contribution in [0.1, 0.15) is 12.2 Å². The second kappa shape index (κ2) is 8.74. The SMILES string of the molecule is O=C(COC(=O)CCc1nc2ccccc2c(=O)[nH]1)Nc1cccc([N+](=O)[O-])c1. The monoisotopic (exact) mass is 396 g/mol. The lowest BCUT2D eigenvalue weighted by molar-refractivity contribution is -0.384.